The molecule has 3 aromatic rings. The monoisotopic (exact) mass is 424 g/mol. The molecule has 2 aromatic heterocycles. The lowest BCUT2D eigenvalue weighted by molar-refractivity contribution is -0.119. The number of carbonyl (C=O) groups excluding carboxylic acids is 2. The Morgan fingerprint density at radius 1 is 1.35 bits per heavy atom. The molecule has 1 saturated heterocycles. The van der Waals surface area contributed by atoms with E-state index >= 15 is 0 Å². The van der Waals surface area contributed by atoms with Crippen LogP contribution in [0.3, 0.4) is 0 Å². The highest BCUT2D eigenvalue weighted by Crippen LogP contribution is 2.37. The molecule has 31 heavy (non-hydrogen) atoms. The third kappa shape index (κ3) is 4.30. The lowest BCUT2D eigenvalue weighted by atomic mass is 10.0. The molecule has 3 N–H and O–H groups in total. The van der Waals surface area contributed by atoms with Gasteiger partial charge in [0.05, 0.1) is 29.0 Å². The van der Waals surface area contributed by atoms with E-state index in [9.17, 15) is 9.59 Å². The largest absolute Gasteiger partial charge is 0.490 e. The second-order valence-corrected chi connectivity index (χ2v) is 7.81. The Morgan fingerprint density at radius 3 is 2.77 bits per heavy atom. The third-order valence-electron chi connectivity index (χ3n) is 4.93. The van der Waals surface area contributed by atoms with Crippen LogP contribution in [0.25, 0.3) is 22.2 Å². The van der Waals surface area contributed by atoms with E-state index in [1.165, 1.54) is 0 Å². The Kier molecular flexibility index (Phi) is 5.50. The number of aromatic nitrogens is 2. The number of oxazole rings is 1. The summed E-state index contributed by atoms with van der Waals surface area (Å²) < 4.78 is 17.4. The van der Waals surface area contributed by atoms with Gasteiger partial charge in [-0.25, -0.2) is 9.97 Å². The molecule has 9 heteroatoms. The summed E-state index contributed by atoms with van der Waals surface area (Å²) in [6, 6.07) is 3.27. The zero-order valence-corrected chi connectivity index (χ0v) is 17.6. The first-order valence-corrected chi connectivity index (χ1v) is 10.1. The number of aryl methyl sites for hydroxylation is 1. The molecule has 3 heterocycles. The van der Waals surface area contributed by atoms with Gasteiger partial charge in [0.1, 0.15) is 18.6 Å². The highest BCUT2D eigenvalue weighted by Gasteiger charge is 2.23. The van der Waals surface area contributed by atoms with Crippen molar-refractivity contribution in [1.82, 2.24) is 15.3 Å². The van der Waals surface area contributed by atoms with Crippen LogP contribution in [0.5, 0.6) is 11.6 Å². The first-order valence-electron chi connectivity index (χ1n) is 10.1. The van der Waals surface area contributed by atoms with E-state index in [1.54, 1.807) is 24.6 Å². The Bertz CT molecular complexity index is 1150. The van der Waals surface area contributed by atoms with Gasteiger partial charge in [0.15, 0.2) is 0 Å². The van der Waals surface area contributed by atoms with Crippen LogP contribution >= 0.6 is 0 Å². The number of hydrogen-bond acceptors (Lipinski definition) is 7. The first-order chi connectivity index (χ1) is 14.8. The second kappa shape index (κ2) is 8.25. The molecule has 0 radical (unpaired) electrons. The minimum atomic E-state index is -0.611. The molecule has 1 atom stereocenters. The summed E-state index contributed by atoms with van der Waals surface area (Å²) in [6.45, 7) is 5.82. The smallest absolute Gasteiger partial charge is 0.252 e. The molecule has 0 saturated carbocycles. The Hall–Kier alpha value is -3.62. The molecule has 162 valence electrons. The summed E-state index contributed by atoms with van der Waals surface area (Å²) in [5.41, 5.74) is 7.18. The van der Waals surface area contributed by atoms with E-state index in [0.29, 0.717) is 46.7 Å². The van der Waals surface area contributed by atoms with E-state index in [1.807, 2.05) is 20.8 Å². The number of rotatable bonds is 7. The Morgan fingerprint density at radius 2 is 2.16 bits per heavy atom. The van der Waals surface area contributed by atoms with E-state index < -0.39 is 5.91 Å². The van der Waals surface area contributed by atoms with Crippen LogP contribution < -0.4 is 20.5 Å². The van der Waals surface area contributed by atoms with Crippen molar-refractivity contribution in [3.8, 4) is 23.1 Å². The summed E-state index contributed by atoms with van der Waals surface area (Å²) in [5.74, 6) is 0.474. The number of pyridine rings is 1. The van der Waals surface area contributed by atoms with Crippen LogP contribution in [-0.4, -0.2) is 40.5 Å². The SMILES string of the molecule is Cc1coc(-c2cnc(OCC3CCC(=O)N3)c3cc(OC(C)C)c(C(N)=O)cc23)n1. The van der Waals surface area contributed by atoms with E-state index in [4.69, 9.17) is 19.6 Å². The molecule has 1 unspecified atom stereocenters. The highest BCUT2D eigenvalue weighted by atomic mass is 16.5. The molecule has 0 aliphatic carbocycles. The maximum Gasteiger partial charge on any atom is 0.252 e. The lowest BCUT2D eigenvalue weighted by Gasteiger charge is -2.17. The van der Waals surface area contributed by atoms with E-state index in [0.717, 1.165) is 5.69 Å². The average Bonchev–Trinajstić information content (AvgIpc) is 3.33. The highest BCUT2D eigenvalue weighted by molar-refractivity contribution is 6.05. The molecule has 2 amide bonds. The lowest BCUT2D eigenvalue weighted by Crippen LogP contribution is -2.31. The Labute approximate surface area is 178 Å². The van der Waals surface area contributed by atoms with Crippen molar-refractivity contribution in [3.63, 3.8) is 0 Å². The normalized spacial score (nSPS) is 16.0. The van der Waals surface area contributed by atoms with Crippen molar-refractivity contribution in [1.29, 1.82) is 0 Å². The quantitative estimate of drug-likeness (QED) is 0.596. The van der Waals surface area contributed by atoms with Crippen molar-refractivity contribution in [3.05, 3.63) is 35.9 Å². The summed E-state index contributed by atoms with van der Waals surface area (Å²) in [5, 5.41) is 4.14. The van der Waals surface area contributed by atoms with Gasteiger partial charge in [0, 0.05) is 23.4 Å². The number of hydrogen-bond donors (Lipinski definition) is 2. The minimum absolute atomic E-state index is 0.0137. The van der Waals surface area contributed by atoms with Gasteiger partial charge in [-0.2, -0.15) is 0 Å². The summed E-state index contributed by atoms with van der Waals surface area (Å²) in [6.07, 6.45) is 4.15. The fourth-order valence-electron chi connectivity index (χ4n) is 3.53. The predicted molar refractivity (Wildman–Crippen MR) is 113 cm³/mol. The molecule has 1 aliphatic heterocycles. The van der Waals surface area contributed by atoms with E-state index in [2.05, 4.69) is 15.3 Å². The van der Waals surface area contributed by atoms with Gasteiger partial charge < -0.3 is 24.9 Å². The number of ether oxygens (including phenoxy) is 2. The summed E-state index contributed by atoms with van der Waals surface area (Å²) in [7, 11) is 0. The zero-order valence-electron chi connectivity index (χ0n) is 17.6. The van der Waals surface area contributed by atoms with Gasteiger partial charge in [-0.1, -0.05) is 0 Å². The molecule has 4 rings (SSSR count). The maximum absolute atomic E-state index is 12.1. The van der Waals surface area contributed by atoms with Crippen molar-refractivity contribution in [2.24, 2.45) is 5.73 Å². The standard InChI is InChI=1S/C22H24N4O5/c1-11(2)31-18-7-15-14(6-16(18)20(23)28)17(22-25-12(3)9-29-22)8-24-21(15)30-10-13-4-5-19(27)26-13/h6-9,11,13H,4-5,10H2,1-3H3,(H2,23,28)(H,26,27). The molecule has 1 fully saturated rings. The fourth-order valence-corrected chi connectivity index (χ4v) is 3.53. The molecule has 1 aromatic carbocycles. The van der Waals surface area contributed by atoms with Gasteiger partial charge in [-0.3, -0.25) is 9.59 Å². The van der Waals surface area contributed by atoms with Crippen LogP contribution in [0.4, 0.5) is 0 Å². The van der Waals surface area contributed by atoms with Crippen molar-refractivity contribution >= 4 is 22.6 Å². The van der Waals surface area contributed by atoms with Crippen molar-refractivity contribution in [2.45, 2.75) is 45.8 Å². The second-order valence-electron chi connectivity index (χ2n) is 7.81. The average molecular weight is 424 g/mol. The topological polar surface area (TPSA) is 130 Å². The maximum atomic E-state index is 12.1. The van der Waals surface area contributed by atoms with Gasteiger partial charge in [-0.15, -0.1) is 0 Å². The molecule has 9 nitrogen and oxygen atoms in total. The van der Waals surface area contributed by atoms with Crippen molar-refractivity contribution < 1.29 is 23.5 Å². The van der Waals surface area contributed by atoms with Crippen molar-refractivity contribution in [2.75, 3.05) is 6.61 Å². The van der Waals surface area contributed by atoms with Crippen LogP contribution in [0.1, 0.15) is 42.7 Å². The molecular weight excluding hydrogens is 400 g/mol. The third-order valence-corrected chi connectivity index (χ3v) is 4.93. The predicted octanol–water partition coefficient (Wildman–Crippen LogP) is 2.74. The van der Waals surface area contributed by atoms with Crippen LogP contribution in [0, 0.1) is 6.92 Å². The van der Waals surface area contributed by atoms with Gasteiger partial charge >= 0.3 is 0 Å². The number of carbonyl (C=O) groups is 2. The number of nitrogens with one attached hydrogen (secondary N) is 1. The zero-order chi connectivity index (χ0) is 22.1. The fraction of sp³-hybridized carbons (Fsp3) is 0.364. The number of amides is 2. The minimum Gasteiger partial charge on any atom is -0.490 e. The number of fused-ring (bicyclic) bond motifs is 1. The number of nitrogens with two attached hydrogens (primary N) is 1. The summed E-state index contributed by atoms with van der Waals surface area (Å²) in [4.78, 5) is 32.4. The van der Waals surface area contributed by atoms with Gasteiger partial charge in [0.2, 0.25) is 17.7 Å². The molecular formula is C22H24N4O5. The van der Waals surface area contributed by atoms with Crippen LogP contribution in [-0.2, 0) is 4.79 Å². The Balaban J connectivity index is 1.83. The van der Waals surface area contributed by atoms with Crippen LogP contribution in [0.2, 0.25) is 0 Å². The molecule has 1 aliphatic rings. The van der Waals surface area contributed by atoms with Gasteiger partial charge in [0.25, 0.3) is 5.91 Å². The first kappa shape index (κ1) is 20.6. The number of primary amides is 1. The number of nitrogens with zero attached hydrogens (tertiary/aromatic N) is 2. The van der Waals surface area contributed by atoms with Gasteiger partial charge in [-0.05, 0) is 39.3 Å². The van der Waals surface area contributed by atoms with Crippen LogP contribution in [0.15, 0.2) is 29.0 Å². The number of benzene rings is 1. The summed E-state index contributed by atoms with van der Waals surface area (Å²) >= 11 is 0. The van der Waals surface area contributed by atoms with E-state index in [-0.39, 0.29) is 30.2 Å². The molecule has 0 bridgehead atoms. The molecule has 0 spiro atoms.